The SMILES string of the molecule is OCc1ccnc(N(CC2CC2)CC2CC2)c1. The summed E-state index contributed by atoms with van der Waals surface area (Å²) in [5, 5.41) is 9.19. The average Bonchev–Trinajstić information content (AvgIpc) is 3.23. The molecule has 2 aliphatic rings. The fourth-order valence-electron chi connectivity index (χ4n) is 2.22. The number of aliphatic hydroxyl groups excluding tert-OH is 1. The van der Waals surface area contributed by atoms with Gasteiger partial charge in [0.15, 0.2) is 0 Å². The first-order chi connectivity index (χ1) is 8.35. The number of anilines is 1. The van der Waals surface area contributed by atoms with E-state index < -0.39 is 0 Å². The minimum Gasteiger partial charge on any atom is -0.392 e. The Morgan fingerprint density at radius 1 is 1.18 bits per heavy atom. The molecule has 3 rings (SSSR count). The molecule has 0 aromatic carbocycles. The van der Waals surface area contributed by atoms with Crippen molar-refractivity contribution >= 4 is 5.82 Å². The third kappa shape index (κ3) is 2.97. The predicted molar refractivity (Wildman–Crippen MR) is 67.8 cm³/mol. The van der Waals surface area contributed by atoms with Gasteiger partial charge in [-0.1, -0.05) is 0 Å². The maximum Gasteiger partial charge on any atom is 0.128 e. The minimum atomic E-state index is 0.107. The highest BCUT2D eigenvalue weighted by Gasteiger charge is 2.29. The second-order valence-electron chi connectivity index (χ2n) is 5.47. The average molecular weight is 232 g/mol. The van der Waals surface area contributed by atoms with Crippen LogP contribution in [-0.4, -0.2) is 23.2 Å². The molecular weight excluding hydrogens is 212 g/mol. The van der Waals surface area contributed by atoms with Crippen molar-refractivity contribution in [3.05, 3.63) is 23.9 Å². The lowest BCUT2D eigenvalue weighted by molar-refractivity contribution is 0.281. The molecule has 1 heterocycles. The Bertz CT molecular complexity index is 372. The van der Waals surface area contributed by atoms with E-state index in [1.807, 2.05) is 18.3 Å². The third-order valence-electron chi connectivity index (χ3n) is 3.67. The van der Waals surface area contributed by atoms with Gasteiger partial charge in [0.1, 0.15) is 5.82 Å². The quantitative estimate of drug-likeness (QED) is 0.817. The van der Waals surface area contributed by atoms with Gasteiger partial charge in [0.25, 0.3) is 0 Å². The van der Waals surface area contributed by atoms with Crippen LogP contribution in [0.3, 0.4) is 0 Å². The van der Waals surface area contributed by atoms with Crippen LogP contribution in [0.15, 0.2) is 18.3 Å². The van der Waals surface area contributed by atoms with Gasteiger partial charge < -0.3 is 10.0 Å². The molecule has 2 fully saturated rings. The second-order valence-corrected chi connectivity index (χ2v) is 5.47. The van der Waals surface area contributed by atoms with Crippen LogP contribution in [0.25, 0.3) is 0 Å². The first-order valence-corrected chi connectivity index (χ1v) is 6.66. The van der Waals surface area contributed by atoms with Gasteiger partial charge in [-0.15, -0.1) is 0 Å². The van der Waals surface area contributed by atoms with Crippen LogP contribution < -0.4 is 4.90 Å². The molecule has 3 heteroatoms. The molecule has 0 radical (unpaired) electrons. The zero-order valence-corrected chi connectivity index (χ0v) is 10.2. The molecule has 3 nitrogen and oxygen atoms in total. The topological polar surface area (TPSA) is 36.4 Å². The molecule has 0 unspecified atom stereocenters. The van der Waals surface area contributed by atoms with Crippen LogP contribution in [-0.2, 0) is 6.61 Å². The maximum atomic E-state index is 9.19. The van der Waals surface area contributed by atoms with E-state index in [4.69, 9.17) is 0 Å². The highest BCUT2D eigenvalue weighted by atomic mass is 16.3. The van der Waals surface area contributed by atoms with Gasteiger partial charge in [0.05, 0.1) is 6.61 Å². The van der Waals surface area contributed by atoms with Crippen LogP contribution in [0.2, 0.25) is 0 Å². The molecule has 1 aromatic heterocycles. The second kappa shape index (κ2) is 4.65. The molecule has 1 aromatic rings. The van der Waals surface area contributed by atoms with Crippen molar-refractivity contribution in [3.63, 3.8) is 0 Å². The summed E-state index contributed by atoms with van der Waals surface area (Å²) in [6, 6.07) is 3.92. The molecule has 17 heavy (non-hydrogen) atoms. The van der Waals surface area contributed by atoms with Gasteiger partial charge >= 0.3 is 0 Å². The van der Waals surface area contributed by atoms with Gasteiger partial charge in [-0.3, -0.25) is 0 Å². The molecule has 0 saturated heterocycles. The van der Waals surface area contributed by atoms with Gasteiger partial charge in [-0.2, -0.15) is 0 Å². The summed E-state index contributed by atoms with van der Waals surface area (Å²) in [5.41, 5.74) is 0.964. The zero-order chi connectivity index (χ0) is 11.7. The number of nitrogens with zero attached hydrogens (tertiary/aromatic N) is 2. The highest BCUT2D eigenvalue weighted by molar-refractivity contribution is 5.41. The van der Waals surface area contributed by atoms with E-state index in [0.29, 0.717) is 0 Å². The van der Waals surface area contributed by atoms with E-state index in [0.717, 1.165) is 36.3 Å². The molecule has 1 N–H and O–H groups in total. The van der Waals surface area contributed by atoms with Crippen molar-refractivity contribution in [1.29, 1.82) is 0 Å². The Morgan fingerprint density at radius 2 is 1.82 bits per heavy atom. The van der Waals surface area contributed by atoms with Crippen LogP contribution in [0.4, 0.5) is 5.82 Å². The number of pyridine rings is 1. The summed E-state index contributed by atoms with van der Waals surface area (Å²) < 4.78 is 0. The van der Waals surface area contributed by atoms with Crippen molar-refractivity contribution in [3.8, 4) is 0 Å². The Morgan fingerprint density at radius 3 is 2.35 bits per heavy atom. The summed E-state index contributed by atoms with van der Waals surface area (Å²) in [6.45, 7) is 2.41. The molecule has 0 bridgehead atoms. The summed E-state index contributed by atoms with van der Waals surface area (Å²) >= 11 is 0. The van der Waals surface area contributed by atoms with E-state index in [-0.39, 0.29) is 6.61 Å². The largest absolute Gasteiger partial charge is 0.392 e. The fraction of sp³-hybridized carbons (Fsp3) is 0.643. The predicted octanol–water partition coefficient (Wildman–Crippen LogP) is 2.20. The summed E-state index contributed by atoms with van der Waals surface area (Å²) in [5.74, 6) is 2.82. The zero-order valence-electron chi connectivity index (χ0n) is 10.2. The Kier molecular flexibility index (Phi) is 3.02. The monoisotopic (exact) mass is 232 g/mol. The van der Waals surface area contributed by atoms with E-state index in [1.54, 1.807) is 0 Å². The molecule has 0 spiro atoms. The Labute approximate surface area is 102 Å². The first kappa shape index (κ1) is 11.0. The van der Waals surface area contributed by atoms with E-state index in [9.17, 15) is 5.11 Å². The number of rotatable bonds is 6. The normalized spacial score (nSPS) is 19.4. The highest BCUT2D eigenvalue weighted by Crippen LogP contribution is 2.35. The molecule has 2 saturated carbocycles. The lowest BCUT2D eigenvalue weighted by Gasteiger charge is -2.24. The molecule has 2 aliphatic carbocycles. The van der Waals surface area contributed by atoms with Crippen LogP contribution >= 0.6 is 0 Å². The maximum absolute atomic E-state index is 9.19. The van der Waals surface area contributed by atoms with Gasteiger partial charge in [0, 0.05) is 19.3 Å². The van der Waals surface area contributed by atoms with Crippen molar-refractivity contribution in [2.45, 2.75) is 32.3 Å². The summed E-state index contributed by atoms with van der Waals surface area (Å²) in [7, 11) is 0. The van der Waals surface area contributed by atoms with Gasteiger partial charge in [-0.05, 0) is 55.2 Å². The van der Waals surface area contributed by atoms with Crippen LogP contribution in [0.1, 0.15) is 31.2 Å². The van der Waals surface area contributed by atoms with Crippen molar-refractivity contribution in [2.24, 2.45) is 11.8 Å². The van der Waals surface area contributed by atoms with E-state index >= 15 is 0 Å². The van der Waals surface area contributed by atoms with Gasteiger partial charge in [0.2, 0.25) is 0 Å². The van der Waals surface area contributed by atoms with Crippen molar-refractivity contribution < 1.29 is 5.11 Å². The summed E-state index contributed by atoms with van der Waals surface area (Å²) in [6.07, 6.45) is 7.32. The Balaban J connectivity index is 1.73. The van der Waals surface area contributed by atoms with Crippen molar-refractivity contribution in [2.75, 3.05) is 18.0 Å². The first-order valence-electron chi connectivity index (χ1n) is 6.66. The number of aliphatic hydroxyl groups is 1. The van der Waals surface area contributed by atoms with E-state index in [1.165, 1.54) is 25.7 Å². The fourth-order valence-corrected chi connectivity index (χ4v) is 2.22. The lowest BCUT2D eigenvalue weighted by atomic mass is 10.2. The molecule has 92 valence electrons. The van der Waals surface area contributed by atoms with E-state index in [2.05, 4.69) is 9.88 Å². The Hall–Kier alpha value is -1.09. The number of hydrogen-bond donors (Lipinski definition) is 1. The lowest BCUT2D eigenvalue weighted by Crippen LogP contribution is -2.28. The third-order valence-corrected chi connectivity index (χ3v) is 3.67. The molecule has 0 atom stereocenters. The molecule has 0 amide bonds. The van der Waals surface area contributed by atoms with Crippen LogP contribution in [0.5, 0.6) is 0 Å². The molecule has 0 aliphatic heterocycles. The molecular formula is C14H20N2O. The number of aromatic nitrogens is 1. The van der Waals surface area contributed by atoms with Gasteiger partial charge in [-0.25, -0.2) is 4.98 Å². The standard InChI is InChI=1S/C14H20N2O/c17-10-13-5-6-15-14(7-13)16(8-11-1-2-11)9-12-3-4-12/h5-7,11-12,17H,1-4,8-10H2. The van der Waals surface area contributed by atoms with Crippen molar-refractivity contribution in [1.82, 2.24) is 4.98 Å². The number of hydrogen-bond acceptors (Lipinski definition) is 3. The minimum absolute atomic E-state index is 0.107. The summed E-state index contributed by atoms with van der Waals surface area (Å²) in [4.78, 5) is 6.89. The smallest absolute Gasteiger partial charge is 0.128 e. The van der Waals surface area contributed by atoms with Crippen LogP contribution in [0, 0.1) is 11.8 Å².